The van der Waals surface area contributed by atoms with E-state index in [0.717, 1.165) is 12.1 Å². The molecule has 0 atom stereocenters. The molecule has 2 aromatic carbocycles. The van der Waals surface area contributed by atoms with E-state index in [1.54, 1.807) is 12.1 Å². The first-order valence-electron chi connectivity index (χ1n) is 6.45. The van der Waals surface area contributed by atoms with Gasteiger partial charge in [0.15, 0.2) is 0 Å². The smallest absolute Gasteiger partial charge is 0.708 e. The molecular formula is C16H8F3N2Na2O3-. The molecular weight excluding hydrogens is 371 g/mol. The number of hydrogen-bond acceptors (Lipinski definition) is 4. The Bertz CT molecular complexity index is 777. The van der Waals surface area contributed by atoms with Gasteiger partial charge >= 0.3 is 65.3 Å². The number of halogens is 3. The molecule has 2 aromatic rings. The van der Waals surface area contributed by atoms with Crippen LogP contribution in [0.1, 0.15) is 5.56 Å². The molecule has 0 saturated carbocycles. The van der Waals surface area contributed by atoms with E-state index < -0.39 is 23.4 Å². The number of carboxylic acids is 1. The van der Waals surface area contributed by atoms with Gasteiger partial charge in [0.2, 0.25) is 0 Å². The molecule has 0 aliphatic rings. The normalized spacial score (nSPS) is 11.0. The molecule has 0 spiro atoms. The van der Waals surface area contributed by atoms with Crippen LogP contribution in [-0.4, -0.2) is 5.97 Å². The van der Waals surface area contributed by atoms with Crippen molar-refractivity contribution in [1.29, 1.82) is 0 Å². The summed E-state index contributed by atoms with van der Waals surface area (Å²) in [5.41, 5.74) is 7.93. The number of alkyl halides is 3. The quantitative estimate of drug-likeness (QED) is 0.185. The van der Waals surface area contributed by atoms with Crippen LogP contribution in [-0.2, 0) is 11.0 Å². The number of benzene rings is 2. The van der Waals surface area contributed by atoms with E-state index in [1.807, 2.05) is 6.26 Å². The van der Waals surface area contributed by atoms with Gasteiger partial charge in [0.05, 0.1) is 5.56 Å². The number of carboxylic acid groups (broad SMARTS) is 1. The van der Waals surface area contributed by atoms with Crippen molar-refractivity contribution >= 4 is 5.97 Å². The van der Waals surface area contributed by atoms with E-state index >= 15 is 0 Å². The summed E-state index contributed by atoms with van der Waals surface area (Å²) in [5, 5.41) is 12.9. The molecule has 2 rings (SSSR count). The van der Waals surface area contributed by atoms with E-state index in [0.29, 0.717) is 11.1 Å². The summed E-state index contributed by atoms with van der Waals surface area (Å²) in [6, 6.07) is 10.7. The third-order valence-corrected chi connectivity index (χ3v) is 2.96. The number of aliphatic carboxylic acids is 1. The molecule has 124 valence electrons. The van der Waals surface area contributed by atoms with Gasteiger partial charge in [-0.25, -0.2) is 0 Å². The van der Waals surface area contributed by atoms with E-state index in [9.17, 15) is 23.1 Å². The van der Waals surface area contributed by atoms with Gasteiger partial charge in [-0.2, -0.15) is 13.2 Å². The monoisotopic (exact) mass is 379 g/mol. The first-order chi connectivity index (χ1) is 11.3. The van der Waals surface area contributed by atoms with Gasteiger partial charge in [0, 0.05) is 12.0 Å². The zero-order valence-corrected chi connectivity index (χ0v) is 17.9. The number of hydrogen-bond donors (Lipinski definition) is 0. The third kappa shape index (κ3) is 6.86. The van der Waals surface area contributed by atoms with E-state index in [4.69, 9.17) is 10.3 Å². The molecule has 0 aromatic heterocycles. The maximum absolute atomic E-state index is 12.5. The SMILES string of the molecule is [N-]=NC(=[C-]Oc1ccc(-c2ccc(C(F)(F)F)cc2)cc1)C(=O)[O-].[Na+].[Na+]. The maximum atomic E-state index is 12.5. The zero-order chi connectivity index (χ0) is 17.7. The second-order valence-electron chi connectivity index (χ2n) is 4.54. The molecule has 0 unspecified atom stereocenters. The van der Waals surface area contributed by atoms with Crippen LogP contribution in [0.5, 0.6) is 5.75 Å². The van der Waals surface area contributed by atoms with Crippen molar-refractivity contribution in [3.05, 3.63) is 71.6 Å². The number of rotatable bonds is 5. The molecule has 5 nitrogen and oxygen atoms in total. The van der Waals surface area contributed by atoms with Gasteiger partial charge in [-0.1, -0.05) is 36.4 Å². The molecule has 0 amide bonds. The Morgan fingerprint density at radius 3 is 1.85 bits per heavy atom. The van der Waals surface area contributed by atoms with E-state index in [1.165, 1.54) is 24.3 Å². The maximum Gasteiger partial charge on any atom is 1.00 e. The van der Waals surface area contributed by atoms with Crippen molar-refractivity contribution in [3.8, 4) is 16.9 Å². The molecule has 0 aliphatic carbocycles. The topological polar surface area (TPSA) is 84.0 Å². The van der Waals surface area contributed by atoms with Crippen LogP contribution in [0.15, 0.2) is 59.3 Å². The Balaban J connectivity index is 0.00000312. The molecule has 0 bridgehead atoms. The Kier molecular flexibility index (Phi) is 10.4. The molecule has 0 aliphatic heterocycles. The van der Waals surface area contributed by atoms with Crippen LogP contribution >= 0.6 is 0 Å². The van der Waals surface area contributed by atoms with Crippen molar-refractivity contribution in [1.82, 2.24) is 0 Å². The summed E-state index contributed by atoms with van der Waals surface area (Å²) in [5.74, 6) is -1.58. The van der Waals surface area contributed by atoms with Crippen molar-refractivity contribution in [2.45, 2.75) is 6.18 Å². The second-order valence-corrected chi connectivity index (χ2v) is 4.54. The Morgan fingerprint density at radius 2 is 1.46 bits per heavy atom. The van der Waals surface area contributed by atoms with E-state index in [-0.39, 0.29) is 64.9 Å². The van der Waals surface area contributed by atoms with Gasteiger partial charge < -0.3 is 25.3 Å². The van der Waals surface area contributed by atoms with Crippen LogP contribution in [0.3, 0.4) is 0 Å². The summed E-state index contributed by atoms with van der Waals surface area (Å²) in [6.07, 6.45) is -2.51. The molecule has 0 saturated heterocycles. The third-order valence-electron chi connectivity index (χ3n) is 2.96. The Labute approximate surface area is 191 Å². The first-order valence-corrected chi connectivity index (χ1v) is 6.45. The van der Waals surface area contributed by atoms with Crippen LogP contribution in [0.4, 0.5) is 13.2 Å². The van der Waals surface area contributed by atoms with Crippen LogP contribution in [0, 0.1) is 6.26 Å². The largest absolute Gasteiger partial charge is 1.00 e. The average Bonchev–Trinajstić information content (AvgIpc) is 2.55. The number of ether oxygens (including phenoxy) is 1. The summed E-state index contributed by atoms with van der Waals surface area (Å²) < 4.78 is 42.4. The van der Waals surface area contributed by atoms with Crippen molar-refractivity contribution < 1.29 is 86.9 Å². The minimum absolute atomic E-state index is 0. The molecule has 0 radical (unpaired) electrons. The average molecular weight is 379 g/mol. The van der Waals surface area contributed by atoms with Crippen molar-refractivity contribution in [2.24, 2.45) is 5.11 Å². The van der Waals surface area contributed by atoms with Crippen molar-refractivity contribution in [3.63, 3.8) is 0 Å². The summed E-state index contributed by atoms with van der Waals surface area (Å²) in [6.45, 7) is 0. The minimum atomic E-state index is -4.40. The first kappa shape index (κ1) is 24.8. The number of carbonyl (C=O) groups is 1. The number of nitrogens with zero attached hydrogens (tertiary/aromatic N) is 2. The standard InChI is InChI=1S/C16H9F3N2O3.2Na/c17-16(18,19)12-5-1-10(2-6-12)11-3-7-13(8-4-11)24-9-14(21-20)15(22)23;;/h1-8H,(H,22,23);;/q-2;2*+1/p-1. The molecule has 10 heteroatoms. The Hall–Kier alpha value is -1.16. The summed E-state index contributed by atoms with van der Waals surface area (Å²) >= 11 is 0. The van der Waals surface area contributed by atoms with Gasteiger partial charge in [0.25, 0.3) is 0 Å². The van der Waals surface area contributed by atoms with E-state index in [2.05, 4.69) is 5.11 Å². The zero-order valence-electron chi connectivity index (χ0n) is 13.9. The van der Waals surface area contributed by atoms with Crippen LogP contribution < -0.4 is 69.0 Å². The van der Waals surface area contributed by atoms with Crippen molar-refractivity contribution in [2.75, 3.05) is 0 Å². The fourth-order valence-electron chi connectivity index (χ4n) is 1.78. The van der Waals surface area contributed by atoms with Crippen LogP contribution in [0.2, 0.25) is 0 Å². The molecule has 26 heavy (non-hydrogen) atoms. The molecule has 0 N–H and O–H groups in total. The van der Waals surface area contributed by atoms with Gasteiger partial charge in [-0.15, -0.1) is 0 Å². The fraction of sp³-hybridized carbons (Fsp3) is 0.0625. The van der Waals surface area contributed by atoms with Gasteiger partial charge in [-0.3, -0.25) is 0 Å². The van der Waals surface area contributed by atoms with Gasteiger partial charge in [0.1, 0.15) is 0 Å². The molecule has 0 fully saturated rings. The molecule has 0 heterocycles. The fourth-order valence-corrected chi connectivity index (χ4v) is 1.78. The number of carbonyl (C=O) groups excluding carboxylic acids is 1. The summed E-state index contributed by atoms with van der Waals surface area (Å²) in [4.78, 5) is 10.5. The predicted molar refractivity (Wildman–Crippen MR) is 75.1 cm³/mol. The van der Waals surface area contributed by atoms with Crippen LogP contribution in [0.25, 0.3) is 16.7 Å². The summed E-state index contributed by atoms with van der Waals surface area (Å²) in [7, 11) is 0. The minimum Gasteiger partial charge on any atom is -0.708 e. The Morgan fingerprint density at radius 1 is 1.00 bits per heavy atom. The van der Waals surface area contributed by atoms with Gasteiger partial charge in [-0.05, 0) is 34.9 Å². The predicted octanol–water partition coefficient (Wildman–Crippen LogP) is -2.82. The second kappa shape index (κ2) is 10.9.